The van der Waals surface area contributed by atoms with Crippen molar-refractivity contribution in [2.45, 2.75) is 117 Å². The quantitative estimate of drug-likeness (QED) is 0.112. The third-order valence-corrected chi connectivity index (χ3v) is 19.4. The highest BCUT2D eigenvalue weighted by Crippen LogP contribution is 2.54. The third-order valence-electron chi connectivity index (χ3n) is 19.4. The van der Waals surface area contributed by atoms with Gasteiger partial charge in [0.05, 0.1) is 51.3 Å². The van der Waals surface area contributed by atoms with Crippen molar-refractivity contribution in [3.05, 3.63) is 282 Å². The zero-order valence-corrected chi connectivity index (χ0v) is 54.7. The van der Waals surface area contributed by atoms with Gasteiger partial charge >= 0.3 is 0 Å². The predicted octanol–water partition coefficient (Wildman–Crippen LogP) is 23.5. The molecule has 14 aromatic rings. The number of nitrogens with zero attached hydrogens (tertiary/aromatic N) is 4. The van der Waals surface area contributed by atoms with Crippen LogP contribution in [0, 0.1) is 20.0 Å². The monoisotopic (exact) mass is 1250 g/mol. The molecule has 0 atom stereocenters. The molecule has 3 aromatic heterocycles. The van der Waals surface area contributed by atoms with E-state index in [1.54, 1.807) is 34.9 Å². The molecule has 4 heterocycles. The molecule has 0 saturated carbocycles. The lowest BCUT2D eigenvalue weighted by Gasteiger charge is -2.42. The van der Waals surface area contributed by atoms with Gasteiger partial charge in [0.1, 0.15) is 17.3 Å². The third kappa shape index (κ3) is 10.2. The van der Waals surface area contributed by atoms with Crippen LogP contribution >= 0.6 is 0 Å². The molecule has 5 heteroatoms. The molecule has 16 rings (SSSR count). The van der Waals surface area contributed by atoms with Crippen LogP contribution in [-0.2, 0) is 21.7 Å². The Morgan fingerprint density at radius 2 is 1.06 bits per heavy atom. The first-order valence-corrected chi connectivity index (χ1v) is 32.2. The molecule has 95 heavy (non-hydrogen) atoms. The Morgan fingerprint density at radius 1 is 0.484 bits per heavy atom. The molecule has 0 unspecified atom stereocenters. The van der Waals surface area contributed by atoms with E-state index in [9.17, 15) is 17.8 Å². The maximum Gasteiger partial charge on any atom is 0.269 e. The van der Waals surface area contributed by atoms with Gasteiger partial charge in [0, 0.05) is 31.3 Å². The Morgan fingerprint density at radius 3 is 1.72 bits per heavy atom. The summed E-state index contributed by atoms with van der Waals surface area (Å²) in [6.45, 7) is 15.7. The van der Waals surface area contributed by atoms with Crippen molar-refractivity contribution in [3.8, 4) is 107 Å². The summed E-state index contributed by atoms with van der Waals surface area (Å²) in [5.41, 5.74) is 6.21. The standard InChI is InChI=1S/C90H80N4O/c1-56-25-23-26-57(2)84(56)77-49-65(88(6,7)8)48-76-74-54-79-78(89(9,10)40-41-90(79,11)12)53-73(74)69-33-19-20-34-70(69)75-46-63(62-44-60(58-27-15-13-16-28-58)43-61(45-62)59-29-17-14-18-30-59)47-82-86(75)93(85(76)77)55-92(82)66-31-24-32-67(51-66)95-68-37-38-72-71-35-21-22-36-80(71)94(81(72)52-68)83-50-64(39-42-91-83)87(3,4)5/h13-39,42-54H,40-41H2,1-12H3/i1D3,2D3,13D,14D,15D,16D,17D,18D,27D,28D,29D,30D,43D,44D,45D. The maximum atomic E-state index is 10.6. The Balaban J connectivity index is 1.09. The van der Waals surface area contributed by atoms with Crippen LogP contribution in [-0.4, -0.2) is 14.1 Å². The molecule has 0 saturated heterocycles. The van der Waals surface area contributed by atoms with E-state index in [4.69, 9.17) is 17.9 Å². The fraction of sp³-hybridized carbons (Fsp3) is 0.200. The first kappa shape index (κ1) is 42.1. The average molecular weight is 1250 g/mol. The summed E-state index contributed by atoms with van der Waals surface area (Å²) in [6, 6.07) is 39.2. The van der Waals surface area contributed by atoms with Crippen LogP contribution in [0.15, 0.2) is 242 Å². The van der Waals surface area contributed by atoms with Crippen molar-refractivity contribution < 1.29 is 35.3 Å². The number of fused-ring (bicyclic) bond motifs is 11. The van der Waals surface area contributed by atoms with Gasteiger partial charge in [0.25, 0.3) is 6.33 Å². The number of ether oxygens (including phenoxy) is 1. The van der Waals surface area contributed by atoms with E-state index < -0.39 is 125 Å². The van der Waals surface area contributed by atoms with E-state index in [0.717, 1.165) is 68.0 Å². The number of rotatable bonds is 8. The van der Waals surface area contributed by atoms with E-state index in [0.29, 0.717) is 56.5 Å². The first-order chi connectivity index (χ1) is 53.5. The van der Waals surface area contributed by atoms with Crippen molar-refractivity contribution in [1.82, 2.24) is 14.1 Å². The van der Waals surface area contributed by atoms with Crippen molar-refractivity contribution in [2.24, 2.45) is 0 Å². The van der Waals surface area contributed by atoms with E-state index in [-0.39, 0.29) is 49.7 Å². The van der Waals surface area contributed by atoms with Crippen LogP contribution in [0.2, 0.25) is 0 Å². The Bertz CT molecular complexity index is 6320. The smallest absolute Gasteiger partial charge is 0.269 e. The zero-order chi connectivity index (χ0) is 81.8. The SMILES string of the molecule is [2H]c1c([2H])c([2H])c(-c2c([2H])c(-c3cc4c5c(c3)n(-c3cccc(Oc6ccc7c8ccccc8n(-c8cc(C(C)(C)C)ccn8)c7c6)c3)[c-][n+]5-c3c(cc(C(C)(C)C)cc3-c3c(C([2H])([2H])[2H])cccc3C([2H])([2H])[2H])-c3cc5c(cc3-c3ccccc3-4)C(C)(C)CCC5(C)C)c([2H])c(-c3c([2H])c([2H])c([2H])c([2H])c3[2H])c2[2H])c([2H])c1[2H]. The molecule has 0 bridgehead atoms. The summed E-state index contributed by atoms with van der Waals surface area (Å²) in [5.74, 6) is 1.52. The van der Waals surface area contributed by atoms with Gasteiger partial charge in [-0.2, -0.15) is 0 Å². The molecular formula is C90H80N4O. The molecule has 2 aliphatic rings. The number of aryl methyl sites for hydroxylation is 2. The lowest BCUT2D eigenvalue weighted by atomic mass is 9.62. The molecule has 466 valence electrons. The van der Waals surface area contributed by atoms with Gasteiger partial charge in [-0.05, 0) is 238 Å². The van der Waals surface area contributed by atoms with Crippen molar-refractivity contribution in [1.29, 1.82) is 0 Å². The first-order valence-electron chi connectivity index (χ1n) is 41.7. The molecule has 0 radical (unpaired) electrons. The Labute approximate surface area is 586 Å². The van der Waals surface area contributed by atoms with Crippen molar-refractivity contribution in [3.63, 3.8) is 0 Å². The number of hydrogen-bond acceptors (Lipinski definition) is 2. The maximum absolute atomic E-state index is 10.6. The van der Waals surface area contributed by atoms with Gasteiger partial charge in [-0.3, -0.25) is 13.7 Å². The van der Waals surface area contributed by atoms with Gasteiger partial charge in [-0.25, -0.2) is 4.98 Å². The van der Waals surface area contributed by atoms with Gasteiger partial charge in [0.15, 0.2) is 0 Å². The topological polar surface area (TPSA) is 35.9 Å². The fourth-order valence-corrected chi connectivity index (χ4v) is 14.2. The van der Waals surface area contributed by atoms with Crippen LogP contribution in [0.5, 0.6) is 11.5 Å². The predicted molar refractivity (Wildman–Crippen MR) is 396 cm³/mol. The van der Waals surface area contributed by atoms with Crippen molar-refractivity contribution >= 4 is 32.8 Å². The van der Waals surface area contributed by atoms with Crippen molar-refractivity contribution in [2.75, 3.05) is 0 Å². The van der Waals surface area contributed by atoms with Crippen LogP contribution in [0.4, 0.5) is 0 Å². The molecule has 0 amide bonds. The minimum atomic E-state index is -2.90. The van der Waals surface area contributed by atoms with E-state index in [1.165, 1.54) is 18.2 Å². The molecular weight excluding hydrogens is 1150 g/mol. The summed E-state index contributed by atoms with van der Waals surface area (Å²) in [7, 11) is 0. The second-order valence-corrected chi connectivity index (χ2v) is 28.6. The Kier molecular flexibility index (Phi) is 9.80. The summed E-state index contributed by atoms with van der Waals surface area (Å²) in [5, 5.41) is 1.96. The minimum Gasteiger partial charge on any atom is -0.458 e. The number of benzene rings is 11. The summed E-state index contributed by atoms with van der Waals surface area (Å²) >= 11 is 0. The van der Waals surface area contributed by atoms with Crippen LogP contribution in [0.1, 0.15) is 142 Å². The van der Waals surface area contributed by atoms with Crippen LogP contribution < -0.4 is 9.30 Å². The number of pyridine rings is 1. The van der Waals surface area contributed by atoms with E-state index in [2.05, 4.69) is 95.8 Å². The highest BCUT2D eigenvalue weighted by atomic mass is 16.5. The highest BCUT2D eigenvalue weighted by molar-refractivity contribution is 6.10. The molecule has 1 aliphatic heterocycles. The molecule has 0 N–H and O–H groups in total. The molecule has 1 aliphatic carbocycles. The van der Waals surface area contributed by atoms with Gasteiger partial charge < -0.3 is 4.74 Å². The van der Waals surface area contributed by atoms with Gasteiger partial charge in [-0.15, -0.1) is 0 Å². The lowest BCUT2D eigenvalue weighted by Crippen LogP contribution is -2.34. The minimum absolute atomic E-state index is 0.0387. The molecule has 11 aromatic carbocycles. The Hall–Kier alpha value is -10.4. The summed E-state index contributed by atoms with van der Waals surface area (Å²) in [4.78, 5) is 4.92. The zero-order valence-electron chi connectivity index (χ0n) is 73.7. The van der Waals surface area contributed by atoms with Crippen LogP contribution in [0.25, 0.3) is 128 Å². The number of aromatic nitrogens is 4. The number of para-hydroxylation sites is 1. The molecule has 0 spiro atoms. The highest BCUT2D eigenvalue weighted by Gasteiger charge is 2.40. The normalized spacial score (nSPS) is 17.1. The largest absolute Gasteiger partial charge is 0.458 e. The average Bonchev–Trinajstić information content (AvgIpc) is 1.38. The summed E-state index contributed by atoms with van der Waals surface area (Å²) in [6.07, 6.45) is 7.29. The van der Waals surface area contributed by atoms with E-state index >= 15 is 0 Å². The number of hydrogen-bond donors (Lipinski definition) is 0. The second kappa shape index (κ2) is 22.1. The second-order valence-electron chi connectivity index (χ2n) is 28.6. The van der Waals surface area contributed by atoms with Crippen LogP contribution in [0.3, 0.4) is 0 Å². The molecule has 5 nitrogen and oxygen atoms in total. The van der Waals surface area contributed by atoms with Gasteiger partial charge in [-0.1, -0.05) is 221 Å². The molecule has 0 fully saturated rings. The fourth-order valence-electron chi connectivity index (χ4n) is 14.2. The lowest BCUT2D eigenvalue weighted by molar-refractivity contribution is -0.570. The van der Waals surface area contributed by atoms with Gasteiger partial charge in [0.2, 0.25) is 0 Å². The summed E-state index contributed by atoms with van der Waals surface area (Å²) < 4.78 is 191. The number of imidazole rings is 1. The van der Waals surface area contributed by atoms with E-state index in [1.807, 2.05) is 104 Å².